The molecule has 0 aliphatic heterocycles. The minimum Gasteiger partial charge on any atom is -0.483 e. The number of hydrogen-bond acceptors (Lipinski definition) is 3. The predicted octanol–water partition coefficient (Wildman–Crippen LogP) is 7.27. The van der Waals surface area contributed by atoms with Gasteiger partial charge in [0, 0.05) is 23.5 Å². The third kappa shape index (κ3) is 8.70. The molecule has 0 aliphatic carbocycles. The van der Waals surface area contributed by atoms with Crippen molar-refractivity contribution in [2.45, 2.75) is 65.1 Å². The summed E-state index contributed by atoms with van der Waals surface area (Å²) in [5.74, 6) is 0.547. The number of carbonyl (C=O) groups is 2. The Labute approximate surface area is 243 Å². The zero-order valence-electron chi connectivity index (χ0n) is 22.4. The van der Waals surface area contributed by atoms with Gasteiger partial charge in [0.25, 0.3) is 5.91 Å². The Kier molecular flexibility index (Phi) is 11.4. The first-order chi connectivity index (χ1) is 18.2. The number of ether oxygens (including phenoxy) is 1. The number of rotatable bonds is 12. The summed E-state index contributed by atoms with van der Waals surface area (Å²) in [5.41, 5.74) is 3.09. The zero-order chi connectivity index (χ0) is 27.7. The highest BCUT2D eigenvalue weighted by molar-refractivity contribution is 9.10. The van der Waals surface area contributed by atoms with E-state index in [0.29, 0.717) is 18.1 Å². The fourth-order valence-electron chi connectivity index (χ4n) is 4.00. The Hall–Kier alpha value is -2.64. The minimum absolute atomic E-state index is 0.00270. The molecule has 2 amide bonds. The van der Waals surface area contributed by atoms with Crippen molar-refractivity contribution in [3.63, 3.8) is 0 Å². The SMILES string of the molecule is CC[C@H](C)NC(=O)[C@@H](Cc1ccccc1)N(Cc1ccc(Br)cc1)C(=O)COc1ccc(C(C)C)cc1Br. The molecule has 2 atom stereocenters. The summed E-state index contributed by atoms with van der Waals surface area (Å²) in [7, 11) is 0. The smallest absolute Gasteiger partial charge is 0.261 e. The number of amides is 2. The van der Waals surface area contributed by atoms with Gasteiger partial charge in [-0.25, -0.2) is 0 Å². The van der Waals surface area contributed by atoms with E-state index in [1.807, 2.05) is 86.6 Å². The van der Waals surface area contributed by atoms with E-state index >= 15 is 0 Å². The normalized spacial score (nSPS) is 12.6. The highest BCUT2D eigenvalue weighted by atomic mass is 79.9. The number of hydrogen-bond donors (Lipinski definition) is 1. The number of halogens is 2. The molecule has 3 aromatic carbocycles. The standard InChI is InChI=1S/C31H36Br2N2O3/c1-5-22(4)34-31(37)28(17-23-9-7-6-8-10-23)35(19-24-11-14-26(32)15-12-24)30(36)20-38-29-16-13-25(21(2)3)18-27(29)33/h6-16,18,21-22,28H,5,17,19-20H2,1-4H3,(H,34,37)/t22-,28+/m0/s1. The predicted molar refractivity (Wildman–Crippen MR) is 160 cm³/mol. The van der Waals surface area contributed by atoms with Gasteiger partial charge in [-0.2, -0.15) is 0 Å². The number of nitrogens with zero attached hydrogens (tertiary/aromatic N) is 1. The molecule has 0 fully saturated rings. The van der Waals surface area contributed by atoms with Crippen molar-refractivity contribution >= 4 is 43.7 Å². The maximum absolute atomic E-state index is 13.8. The average molecular weight is 644 g/mol. The molecule has 7 heteroatoms. The van der Waals surface area contributed by atoms with Crippen molar-refractivity contribution in [3.8, 4) is 5.75 Å². The fourth-order valence-corrected chi connectivity index (χ4v) is 4.77. The van der Waals surface area contributed by atoms with E-state index in [-0.39, 0.29) is 31.0 Å². The molecule has 3 aromatic rings. The molecular weight excluding hydrogens is 608 g/mol. The molecular formula is C31H36Br2N2O3. The third-order valence-corrected chi connectivity index (χ3v) is 7.66. The summed E-state index contributed by atoms with van der Waals surface area (Å²) in [6.07, 6.45) is 1.20. The van der Waals surface area contributed by atoms with E-state index in [9.17, 15) is 9.59 Å². The summed E-state index contributed by atoms with van der Waals surface area (Å²) >= 11 is 7.05. The average Bonchev–Trinajstić information content (AvgIpc) is 2.91. The van der Waals surface area contributed by atoms with Crippen LogP contribution >= 0.6 is 31.9 Å². The van der Waals surface area contributed by atoms with Crippen LogP contribution < -0.4 is 10.1 Å². The van der Waals surface area contributed by atoms with Gasteiger partial charge >= 0.3 is 0 Å². The van der Waals surface area contributed by atoms with Crippen molar-refractivity contribution in [2.24, 2.45) is 0 Å². The van der Waals surface area contributed by atoms with Crippen LogP contribution in [0.5, 0.6) is 5.75 Å². The van der Waals surface area contributed by atoms with Crippen molar-refractivity contribution in [2.75, 3.05) is 6.61 Å². The molecule has 0 radical (unpaired) electrons. The van der Waals surface area contributed by atoms with Gasteiger partial charge in [-0.15, -0.1) is 0 Å². The lowest BCUT2D eigenvalue weighted by molar-refractivity contribution is -0.143. The molecule has 0 saturated carbocycles. The van der Waals surface area contributed by atoms with Crippen LogP contribution in [0.4, 0.5) is 0 Å². The van der Waals surface area contributed by atoms with Crippen molar-refractivity contribution in [1.29, 1.82) is 0 Å². The largest absolute Gasteiger partial charge is 0.483 e. The summed E-state index contributed by atoms with van der Waals surface area (Å²) in [5, 5.41) is 3.09. The summed E-state index contributed by atoms with van der Waals surface area (Å²) in [6, 6.07) is 22.8. The van der Waals surface area contributed by atoms with Crippen LogP contribution in [0.2, 0.25) is 0 Å². The molecule has 202 valence electrons. The summed E-state index contributed by atoms with van der Waals surface area (Å²) in [6.45, 7) is 8.36. The van der Waals surface area contributed by atoms with E-state index < -0.39 is 6.04 Å². The van der Waals surface area contributed by atoms with Gasteiger partial charge in [-0.05, 0) is 76.1 Å². The Balaban J connectivity index is 1.91. The first-order valence-electron chi connectivity index (χ1n) is 13.0. The zero-order valence-corrected chi connectivity index (χ0v) is 25.6. The second kappa shape index (κ2) is 14.5. The van der Waals surface area contributed by atoms with Gasteiger partial charge in [0.15, 0.2) is 6.61 Å². The van der Waals surface area contributed by atoms with Crippen molar-refractivity contribution < 1.29 is 14.3 Å². The Bertz CT molecular complexity index is 1200. The molecule has 0 bridgehead atoms. The molecule has 0 spiro atoms. The molecule has 0 heterocycles. The van der Waals surface area contributed by atoms with Crippen LogP contribution in [-0.2, 0) is 22.6 Å². The summed E-state index contributed by atoms with van der Waals surface area (Å²) in [4.78, 5) is 29.0. The maximum atomic E-state index is 13.8. The van der Waals surface area contributed by atoms with E-state index in [2.05, 4.69) is 51.0 Å². The lowest BCUT2D eigenvalue weighted by Crippen LogP contribution is -2.53. The first-order valence-corrected chi connectivity index (χ1v) is 14.6. The van der Waals surface area contributed by atoms with E-state index in [1.165, 1.54) is 5.56 Å². The third-order valence-electron chi connectivity index (χ3n) is 6.51. The second-order valence-corrected chi connectivity index (χ2v) is 11.6. The lowest BCUT2D eigenvalue weighted by atomic mass is 10.0. The molecule has 38 heavy (non-hydrogen) atoms. The lowest BCUT2D eigenvalue weighted by Gasteiger charge is -2.32. The van der Waals surface area contributed by atoms with Gasteiger partial charge in [-0.3, -0.25) is 9.59 Å². The molecule has 0 unspecified atom stereocenters. The van der Waals surface area contributed by atoms with Gasteiger partial charge in [0.2, 0.25) is 5.91 Å². The molecule has 1 N–H and O–H groups in total. The van der Waals surface area contributed by atoms with E-state index in [1.54, 1.807) is 4.90 Å². The number of nitrogens with one attached hydrogen (secondary N) is 1. The number of benzene rings is 3. The first kappa shape index (κ1) is 29.9. The van der Waals surface area contributed by atoms with Crippen LogP contribution in [0.3, 0.4) is 0 Å². The monoisotopic (exact) mass is 642 g/mol. The van der Waals surface area contributed by atoms with E-state index in [4.69, 9.17) is 4.74 Å². The van der Waals surface area contributed by atoms with Gasteiger partial charge in [0.05, 0.1) is 4.47 Å². The number of carbonyl (C=O) groups excluding carboxylic acids is 2. The maximum Gasteiger partial charge on any atom is 0.261 e. The van der Waals surface area contributed by atoms with Crippen molar-refractivity contribution in [1.82, 2.24) is 10.2 Å². The fraction of sp³-hybridized carbons (Fsp3) is 0.355. The Morgan fingerprint density at radius 1 is 0.921 bits per heavy atom. The highest BCUT2D eigenvalue weighted by Crippen LogP contribution is 2.29. The Morgan fingerprint density at radius 2 is 1.61 bits per heavy atom. The molecule has 3 rings (SSSR count). The Morgan fingerprint density at radius 3 is 2.21 bits per heavy atom. The topological polar surface area (TPSA) is 58.6 Å². The molecule has 0 aliphatic rings. The minimum atomic E-state index is -0.696. The van der Waals surface area contributed by atoms with E-state index in [0.717, 1.165) is 26.5 Å². The van der Waals surface area contributed by atoms with Crippen LogP contribution in [0.1, 0.15) is 56.7 Å². The molecule has 5 nitrogen and oxygen atoms in total. The molecule has 0 aromatic heterocycles. The van der Waals surface area contributed by atoms with Gasteiger partial charge in [-0.1, -0.05) is 85.2 Å². The van der Waals surface area contributed by atoms with Crippen LogP contribution in [0.25, 0.3) is 0 Å². The van der Waals surface area contributed by atoms with Crippen LogP contribution in [0, 0.1) is 0 Å². The second-order valence-electron chi connectivity index (χ2n) is 9.80. The van der Waals surface area contributed by atoms with Crippen LogP contribution in [-0.4, -0.2) is 35.4 Å². The van der Waals surface area contributed by atoms with Crippen LogP contribution in [0.15, 0.2) is 81.7 Å². The van der Waals surface area contributed by atoms with Gasteiger partial charge < -0.3 is 15.0 Å². The summed E-state index contributed by atoms with van der Waals surface area (Å²) < 4.78 is 7.73. The molecule has 0 saturated heterocycles. The van der Waals surface area contributed by atoms with Gasteiger partial charge in [0.1, 0.15) is 11.8 Å². The van der Waals surface area contributed by atoms with Crippen molar-refractivity contribution in [3.05, 3.63) is 98.4 Å². The quantitative estimate of drug-likeness (QED) is 0.226. The highest BCUT2D eigenvalue weighted by Gasteiger charge is 2.31.